The first-order valence-electron chi connectivity index (χ1n) is 6.26. The molecule has 0 aliphatic heterocycles. The molecule has 0 fully saturated rings. The van der Waals surface area contributed by atoms with Gasteiger partial charge in [-0.25, -0.2) is 4.98 Å². The van der Waals surface area contributed by atoms with Crippen molar-refractivity contribution in [1.82, 2.24) is 19.5 Å². The number of phenols is 1. The number of aliphatic hydroxyl groups is 1. The Morgan fingerprint density at radius 2 is 1.95 bits per heavy atom. The minimum absolute atomic E-state index is 0.0103. The van der Waals surface area contributed by atoms with Crippen LogP contribution in [-0.4, -0.2) is 36.3 Å². The minimum Gasteiger partial charge on any atom is -0.508 e. The molecule has 0 aliphatic carbocycles. The molecule has 3 aromatic rings. The lowest BCUT2D eigenvalue weighted by molar-refractivity contribution is 0.278. The van der Waals surface area contributed by atoms with Crippen LogP contribution < -0.4 is 11.3 Å². The fourth-order valence-electron chi connectivity index (χ4n) is 2.17. The van der Waals surface area contributed by atoms with Crippen LogP contribution in [0.25, 0.3) is 22.6 Å². The van der Waals surface area contributed by atoms with E-state index in [0.29, 0.717) is 17.0 Å². The first-order valence-corrected chi connectivity index (χ1v) is 6.26. The zero-order valence-electron chi connectivity index (χ0n) is 10.9. The number of aromatic amines is 1. The summed E-state index contributed by atoms with van der Waals surface area (Å²) in [5.41, 5.74) is 6.28. The van der Waals surface area contributed by atoms with E-state index in [0.717, 1.165) is 0 Å². The van der Waals surface area contributed by atoms with Gasteiger partial charge in [-0.3, -0.25) is 9.78 Å². The molecule has 2 aromatic heterocycles. The predicted molar refractivity (Wildman–Crippen MR) is 76.7 cm³/mol. The van der Waals surface area contributed by atoms with Crippen molar-refractivity contribution in [3.8, 4) is 17.1 Å². The van der Waals surface area contributed by atoms with Crippen molar-refractivity contribution in [3.05, 3.63) is 34.6 Å². The van der Waals surface area contributed by atoms with Crippen LogP contribution in [0.5, 0.6) is 5.75 Å². The third-order valence-electron chi connectivity index (χ3n) is 3.07. The number of imidazole rings is 1. The van der Waals surface area contributed by atoms with Crippen LogP contribution in [0.15, 0.2) is 29.1 Å². The molecule has 0 saturated heterocycles. The van der Waals surface area contributed by atoms with Gasteiger partial charge >= 0.3 is 0 Å². The third-order valence-corrected chi connectivity index (χ3v) is 3.07. The van der Waals surface area contributed by atoms with Gasteiger partial charge in [-0.15, -0.1) is 0 Å². The minimum atomic E-state index is -0.436. The summed E-state index contributed by atoms with van der Waals surface area (Å²) in [5, 5.41) is 18.6. The normalized spacial score (nSPS) is 11.1. The number of benzene rings is 1. The summed E-state index contributed by atoms with van der Waals surface area (Å²) in [6, 6.07) is 6.37. The first-order chi connectivity index (χ1) is 10.1. The molecule has 8 nitrogen and oxygen atoms in total. The Labute approximate surface area is 118 Å². The average molecular weight is 287 g/mol. The molecule has 108 valence electrons. The Balaban J connectivity index is 2.31. The second-order valence-corrected chi connectivity index (χ2v) is 4.48. The SMILES string of the molecule is Nc1nc2c(nc(-c3ccc(O)cc3)n2CCO)c(=O)[nH]1. The highest BCUT2D eigenvalue weighted by Gasteiger charge is 2.16. The molecule has 21 heavy (non-hydrogen) atoms. The van der Waals surface area contributed by atoms with Gasteiger partial charge < -0.3 is 20.5 Å². The monoisotopic (exact) mass is 287 g/mol. The van der Waals surface area contributed by atoms with Crippen molar-refractivity contribution >= 4 is 17.1 Å². The summed E-state index contributed by atoms with van der Waals surface area (Å²) < 4.78 is 1.62. The van der Waals surface area contributed by atoms with Crippen LogP contribution in [0, 0.1) is 0 Å². The van der Waals surface area contributed by atoms with Crippen LogP contribution in [0.4, 0.5) is 5.95 Å². The van der Waals surface area contributed by atoms with Gasteiger partial charge in [0.05, 0.1) is 6.61 Å². The zero-order chi connectivity index (χ0) is 15.0. The number of nitrogens with one attached hydrogen (secondary N) is 1. The van der Waals surface area contributed by atoms with Gasteiger partial charge in [-0.05, 0) is 24.3 Å². The maximum absolute atomic E-state index is 11.9. The molecule has 0 atom stereocenters. The number of rotatable bonds is 3. The van der Waals surface area contributed by atoms with Crippen LogP contribution >= 0.6 is 0 Å². The summed E-state index contributed by atoms with van der Waals surface area (Å²) in [5.74, 6) is 0.593. The summed E-state index contributed by atoms with van der Waals surface area (Å²) >= 11 is 0. The first kappa shape index (κ1) is 13.1. The third kappa shape index (κ3) is 2.21. The van der Waals surface area contributed by atoms with Gasteiger partial charge in [0.25, 0.3) is 5.56 Å². The number of aromatic hydroxyl groups is 1. The summed E-state index contributed by atoms with van der Waals surface area (Å²) in [4.78, 5) is 22.7. The molecule has 0 bridgehead atoms. The largest absolute Gasteiger partial charge is 0.508 e. The Hall–Kier alpha value is -2.87. The van der Waals surface area contributed by atoms with Crippen LogP contribution in [0.3, 0.4) is 0 Å². The highest BCUT2D eigenvalue weighted by Crippen LogP contribution is 2.24. The number of hydrogen-bond donors (Lipinski definition) is 4. The van der Waals surface area contributed by atoms with E-state index in [1.54, 1.807) is 16.7 Å². The molecule has 1 aromatic carbocycles. The quantitative estimate of drug-likeness (QED) is 0.539. The Bertz CT molecular complexity index is 851. The van der Waals surface area contributed by atoms with Crippen molar-refractivity contribution in [2.45, 2.75) is 6.54 Å². The highest BCUT2D eigenvalue weighted by molar-refractivity contribution is 5.77. The fourth-order valence-corrected chi connectivity index (χ4v) is 2.17. The van der Waals surface area contributed by atoms with E-state index in [2.05, 4.69) is 15.0 Å². The molecule has 5 N–H and O–H groups in total. The van der Waals surface area contributed by atoms with Gasteiger partial charge in [0.2, 0.25) is 5.95 Å². The molecular formula is C13H13N5O3. The number of nitrogen functional groups attached to an aromatic ring is 1. The number of aromatic nitrogens is 4. The van der Waals surface area contributed by atoms with E-state index in [1.165, 1.54) is 12.1 Å². The number of H-pyrrole nitrogens is 1. The molecule has 2 heterocycles. The standard InChI is InChI=1S/C13H13N5O3/c14-13-16-11-9(12(21)17-13)15-10(18(11)5-6-19)7-1-3-8(20)4-2-7/h1-4,19-20H,5-6H2,(H3,14,16,17,21). The smallest absolute Gasteiger partial charge is 0.280 e. The van der Waals surface area contributed by atoms with E-state index < -0.39 is 5.56 Å². The van der Waals surface area contributed by atoms with Crippen molar-refractivity contribution in [1.29, 1.82) is 0 Å². The lowest BCUT2D eigenvalue weighted by Gasteiger charge is -2.06. The van der Waals surface area contributed by atoms with Gasteiger partial charge in [-0.1, -0.05) is 0 Å². The van der Waals surface area contributed by atoms with Gasteiger partial charge in [-0.2, -0.15) is 4.98 Å². The lowest BCUT2D eigenvalue weighted by atomic mass is 10.2. The van der Waals surface area contributed by atoms with E-state index in [1.807, 2.05) is 0 Å². The van der Waals surface area contributed by atoms with Gasteiger partial charge in [0.15, 0.2) is 11.2 Å². The lowest BCUT2D eigenvalue weighted by Crippen LogP contribution is -2.12. The molecule has 8 heteroatoms. The Morgan fingerprint density at radius 3 is 2.62 bits per heavy atom. The topological polar surface area (TPSA) is 130 Å². The van der Waals surface area contributed by atoms with Crippen LogP contribution in [-0.2, 0) is 6.54 Å². The maximum Gasteiger partial charge on any atom is 0.280 e. The van der Waals surface area contributed by atoms with Gasteiger partial charge in [0.1, 0.15) is 11.6 Å². The molecule has 0 unspecified atom stereocenters. The fraction of sp³-hybridized carbons (Fsp3) is 0.154. The number of anilines is 1. The highest BCUT2D eigenvalue weighted by atomic mass is 16.3. The predicted octanol–water partition coefficient (Wildman–Crippen LogP) is 0.0667. The number of aliphatic hydroxyl groups excluding tert-OH is 1. The Morgan fingerprint density at radius 1 is 1.24 bits per heavy atom. The van der Waals surface area contributed by atoms with E-state index in [-0.39, 0.29) is 30.4 Å². The summed E-state index contributed by atoms with van der Waals surface area (Å²) in [7, 11) is 0. The van der Waals surface area contributed by atoms with E-state index in [9.17, 15) is 15.0 Å². The maximum atomic E-state index is 11.9. The number of nitrogens with zero attached hydrogens (tertiary/aromatic N) is 3. The van der Waals surface area contributed by atoms with E-state index in [4.69, 9.17) is 5.73 Å². The second kappa shape index (κ2) is 4.91. The van der Waals surface area contributed by atoms with Crippen molar-refractivity contribution in [2.75, 3.05) is 12.3 Å². The molecule has 0 amide bonds. The van der Waals surface area contributed by atoms with Crippen LogP contribution in [0.1, 0.15) is 0 Å². The molecule has 0 spiro atoms. The van der Waals surface area contributed by atoms with Gasteiger partial charge in [0, 0.05) is 12.1 Å². The number of nitrogens with two attached hydrogens (primary N) is 1. The van der Waals surface area contributed by atoms with E-state index >= 15 is 0 Å². The average Bonchev–Trinajstić information content (AvgIpc) is 2.80. The summed E-state index contributed by atoms with van der Waals surface area (Å²) in [6.07, 6.45) is 0. The number of fused-ring (bicyclic) bond motifs is 1. The Kier molecular flexibility index (Phi) is 3.07. The molecule has 0 radical (unpaired) electrons. The second-order valence-electron chi connectivity index (χ2n) is 4.48. The molecular weight excluding hydrogens is 274 g/mol. The summed E-state index contributed by atoms with van der Waals surface area (Å²) in [6.45, 7) is 0.0908. The van der Waals surface area contributed by atoms with Crippen molar-refractivity contribution in [3.63, 3.8) is 0 Å². The number of phenolic OH excluding ortho intramolecular Hbond substituents is 1. The number of hydrogen-bond acceptors (Lipinski definition) is 6. The molecule has 0 saturated carbocycles. The van der Waals surface area contributed by atoms with Crippen LogP contribution in [0.2, 0.25) is 0 Å². The molecule has 0 aliphatic rings. The van der Waals surface area contributed by atoms with Crippen molar-refractivity contribution in [2.24, 2.45) is 0 Å². The molecule has 3 rings (SSSR count). The zero-order valence-corrected chi connectivity index (χ0v) is 10.9. The van der Waals surface area contributed by atoms with Crippen molar-refractivity contribution < 1.29 is 10.2 Å².